The average Bonchev–Trinajstić information content (AvgIpc) is 3.74. The first-order valence-corrected chi connectivity index (χ1v) is 16.2. The van der Waals surface area contributed by atoms with Crippen molar-refractivity contribution in [2.45, 2.75) is 94.4 Å². The van der Waals surface area contributed by atoms with E-state index in [4.69, 9.17) is 22.9 Å². The molecule has 2 fully saturated rings. The van der Waals surface area contributed by atoms with Crippen LogP contribution in [0.5, 0.6) is 0 Å². The van der Waals surface area contributed by atoms with E-state index < -0.39 is 96.4 Å². The van der Waals surface area contributed by atoms with Gasteiger partial charge in [-0.2, -0.15) is 0 Å². The van der Waals surface area contributed by atoms with Gasteiger partial charge >= 0.3 is 5.97 Å². The smallest absolute Gasteiger partial charge is 0.326 e. The van der Waals surface area contributed by atoms with Crippen molar-refractivity contribution in [2.75, 3.05) is 32.7 Å². The van der Waals surface area contributed by atoms with Crippen LogP contribution in [0.15, 0.2) is 0 Å². The highest BCUT2D eigenvalue weighted by molar-refractivity contribution is 5.98. The lowest BCUT2D eigenvalue weighted by atomic mass is 10.1. The Hall–Kier alpha value is -4.85. The molecule has 49 heavy (non-hydrogen) atoms. The first kappa shape index (κ1) is 40.3. The van der Waals surface area contributed by atoms with Gasteiger partial charge in [0, 0.05) is 19.5 Å². The number of nitrogens with one attached hydrogen (secondary N) is 4. The second-order valence-corrected chi connectivity index (χ2v) is 11.9. The number of carbonyl (C=O) groups excluding carboxylic acids is 8. The molecule has 0 radical (unpaired) electrons. The second kappa shape index (κ2) is 19.8. The SMILES string of the molecule is NCCCC[C@H](NC(=O)[C@H](CCC(N)=O)NC(=O)[C@H](CC(N)=O)NC(=O)[C@@H]1CCCN1C(=O)CNC(=O)[C@@H]1CCCN1C(=O)CN)C(=O)O. The number of carboxylic acids is 1. The van der Waals surface area contributed by atoms with Gasteiger partial charge in [-0.3, -0.25) is 38.4 Å². The van der Waals surface area contributed by atoms with Crippen LogP contribution >= 0.6 is 0 Å². The minimum atomic E-state index is -1.61. The van der Waals surface area contributed by atoms with Crippen LogP contribution in [0, 0.1) is 0 Å². The molecule has 0 saturated carbocycles. The number of nitrogens with zero attached hydrogens (tertiary/aromatic N) is 2. The molecule has 0 bridgehead atoms. The van der Waals surface area contributed by atoms with Crippen LogP contribution in [-0.2, 0) is 43.2 Å². The van der Waals surface area contributed by atoms with E-state index >= 15 is 0 Å². The lowest BCUT2D eigenvalue weighted by Gasteiger charge is -2.28. The van der Waals surface area contributed by atoms with Crippen molar-refractivity contribution in [2.24, 2.45) is 22.9 Å². The van der Waals surface area contributed by atoms with E-state index in [0.29, 0.717) is 45.2 Å². The van der Waals surface area contributed by atoms with Gasteiger partial charge in [-0.25, -0.2) is 4.79 Å². The molecule has 2 rings (SSSR count). The van der Waals surface area contributed by atoms with Crippen molar-refractivity contribution in [3.05, 3.63) is 0 Å². The molecule has 20 nitrogen and oxygen atoms in total. The zero-order chi connectivity index (χ0) is 36.7. The highest BCUT2D eigenvalue weighted by Gasteiger charge is 2.38. The third-order valence-corrected chi connectivity index (χ3v) is 8.25. The first-order valence-electron chi connectivity index (χ1n) is 16.2. The molecule has 2 heterocycles. The summed E-state index contributed by atoms with van der Waals surface area (Å²) in [6.07, 6.45) is 1.16. The molecule has 2 aliphatic heterocycles. The summed E-state index contributed by atoms with van der Waals surface area (Å²) in [4.78, 5) is 115. The predicted octanol–water partition coefficient (Wildman–Crippen LogP) is -5.15. The Bertz CT molecular complexity index is 1260. The fourth-order valence-electron chi connectivity index (χ4n) is 5.70. The molecule has 2 saturated heterocycles. The fourth-order valence-corrected chi connectivity index (χ4v) is 5.70. The Labute approximate surface area is 282 Å². The van der Waals surface area contributed by atoms with E-state index in [2.05, 4.69) is 21.3 Å². The average molecular weight is 697 g/mol. The molecule has 2 aliphatic rings. The third kappa shape index (κ3) is 12.6. The first-order chi connectivity index (χ1) is 23.2. The summed E-state index contributed by atoms with van der Waals surface area (Å²) >= 11 is 0. The molecular weight excluding hydrogens is 648 g/mol. The van der Waals surface area contributed by atoms with Crippen LogP contribution in [0.3, 0.4) is 0 Å². The summed E-state index contributed by atoms with van der Waals surface area (Å²) in [7, 11) is 0. The number of amides is 8. The third-order valence-electron chi connectivity index (χ3n) is 8.25. The summed E-state index contributed by atoms with van der Waals surface area (Å²) in [5.41, 5.74) is 21.4. The Kier molecular flexibility index (Phi) is 16.3. The van der Waals surface area contributed by atoms with E-state index in [1.165, 1.54) is 9.80 Å². The van der Waals surface area contributed by atoms with Crippen molar-refractivity contribution in [1.29, 1.82) is 0 Å². The maximum Gasteiger partial charge on any atom is 0.326 e. The number of carbonyl (C=O) groups is 9. The van der Waals surface area contributed by atoms with Gasteiger partial charge in [0.05, 0.1) is 19.5 Å². The van der Waals surface area contributed by atoms with Crippen LogP contribution in [0.25, 0.3) is 0 Å². The number of aliphatic carboxylic acids is 1. The lowest BCUT2D eigenvalue weighted by Crippen LogP contribution is -2.58. The Morgan fingerprint density at radius 1 is 0.694 bits per heavy atom. The predicted molar refractivity (Wildman–Crippen MR) is 170 cm³/mol. The number of likely N-dealkylation sites (tertiary alicyclic amines) is 2. The maximum atomic E-state index is 13.3. The van der Waals surface area contributed by atoms with Gasteiger partial charge in [-0.1, -0.05) is 0 Å². The number of hydrogen-bond donors (Lipinski definition) is 9. The summed E-state index contributed by atoms with van der Waals surface area (Å²) in [5, 5.41) is 19.1. The number of carboxylic acid groups (broad SMARTS) is 1. The minimum absolute atomic E-state index is 0.0440. The van der Waals surface area contributed by atoms with E-state index in [1.807, 2.05) is 0 Å². The van der Waals surface area contributed by atoms with Crippen LogP contribution in [-0.4, -0.2) is 131 Å². The standard InChI is InChI=1S/C29H48N10O10/c30-10-2-1-5-17(29(48)49)36-25(44)16(8-9-21(32)40)35-26(45)18(13-22(33)41)37-28(47)20-7-4-12-39(20)24(43)15-34-27(46)19-6-3-11-38(19)23(42)14-31/h16-20H,1-15,30-31H2,(H2,32,40)(H2,33,41)(H,34,46)(H,35,45)(H,36,44)(H,37,47)(H,48,49)/t16-,17-,18-,19-,20-/m0/s1. The zero-order valence-corrected chi connectivity index (χ0v) is 27.3. The molecule has 20 heteroatoms. The molecule has 274 valence electrons. The number of rotatable bonds is 20. The van der Waals surface area contributed by atoms with Gasteiger partial charge in [-0.05, 0) is 57.9 Å². The molecule has 0 unspecified atom stereocenters. The maximum absolute atomic E-state index is 13.3. The highest BCUT2D eigenvalue weighted by atomic mass is 16.4. The van der Waals surface area contributed by atoms with Crippen molar-refractivity contribution < 1.29 is 48.3 Å². The summed E-state index contributed by atoms with van der Waals surface area (Å²) in [6, 6.07) is -6.26. The van der Waals surface area contributed by atoms with Crippen LogP contribution in [0.2, 0.25) is 0 Å². The van der Waals surface area contributed by atoms with Crippen molar-refractivity contribution in [1.82, 2.24) is 31.1 Å². The molecule has 0 spiro atoms. The van der Waals surface area contributed by atoms with Gasteiger partial charge < -0.3 is 59.1 Å². The number of hydrogen-bond acceptors (Lipinski definition) is 11. The van der Waals surface area contributed by atoms with Gasteiger partial charge in [-0.15, -0.1) is 0 Å². The molecule has 8 amide bonds. The molecule has 0 aromatic heterocycles. The fraction of sp³-hybridized carbons (Fsp3) is 0.690. The molecule has 0 aromatic rings. The monoisotopic (exact) mass is 696 g/mol. The van der Waals surface area contributed by atoms with Crippen molar-refractivity contribution in [3.8, 4) is 0 Å². The summed E-state index contributed by atoms with van der Waals surface area (Å²) < 4.78 is 0. The van der Waals surface area contributed by atoms with Crippen molar-refractivity contribution >= 4 is 53.2 Å². The Morgan fingerprint density at radius 2 is 1.27 bits per heavy atom. The van der Waals surface area contributed by atoms with Crippen LogP contribution < -0.4 is 44.2 Å². The highest BCUT2D eigenvalue weighted by Crippen LogP contribution is 2.19. The van der Waals surface area contributed by atoms with Gasteiger partial charge in [0.15, 0.2) is 0 Å². The summed E-state index contributed by atoms with van der Waals surface area (Å²) in [6.45, 7) is 0.114. The van der Waals surface area contributed by atoms with Crippen molar-refractivity contribution in [3.63, 3.8) is 0 Å². The molecule has 13 N–H and O–H groups in total. The number of primary amides is 2. The topological polar surface area (TPSA) is 333 Å². The van der Waals surface area contributed by atoms with Gasteiger partial charge in [0.1, 0.15) is 30.2 Å². The van der Waals surface area contributed by atoms with E-state index in [9.17, 15) is 48.3 Å². The molecular formula is C29H48N10O10. The lowest BCUT2D eigenvalue weighted by molar-refractivity contribution is -0.143. The molecule has 0 aromatic carbocycles. The van der Waals surface area contributed by atoms with E-state index in [1.54, 1.807) is 0 Å². The van der Waals surface area contributed by atoms with Crippen LogP contribution in [0.4, 0.5) is 0 Å². The number of unbranched alkanes of at least 4 members (excludes halogenated alkanes) is 1. The molecule has 5 atom stereocenters. The Morgan fingerprint density at radius 3 is 1.82 bits per heavy atom. The largest absolute Gasteiger partial charge is 0.480 e. The van der Waals surface area contributed by atoms with E-state index in [0.717, 1.165) is 0 Å². The van der Waals surface area contributed by atoms with Gasteiger partial charge in [0.2, 0.25) is 47.3 Å². The van der Waals surface area contributed by atoms with E-state index in [-0.39, 0.29) is 38.8 Å². The minimum Gasteiger partial charge on any atom is -0.480 e. The second-order valence-electron chi connectivity index (χ2n) is 11.9. The Balaban J connectivity index is 2.10. The normalized spacial score (nSPS) is 18.9. The zero-order valence-electron chi connectivity index (χ0n) is 27.3. The van der Waals surface area contributed by atoms with Crippen LogP contribution in [0.1, 0.15) is 64.2 Å². The summed E-state index contributed by atoms with van der Waals surface area (Å²) in [5.74, 6) is -7.44. The quantitative estimate of drug-likeness (QED) is 0.0540. The number of nitrogens with two attached hydrogens (primary N) is 4. The van der Waals surface area contributed by atoms with Gasteiger partial charge in [0.25, 0.3) is 0 Å². The molecule has 0 aliphatic carbocycles.